The van der Waals surface area contributed by atoms with Gasteiger partial charge < -0.3 is 4.74 Å². The molecule has 2 aliphatic rings. The van der Waals surface area contributed by atoms with Crippen molar-refractivity contribution < 1.29 is 9.53 Å². The molecule has 0 fully saturated rings. The molecule has 0 heterocycles. The molecule has 1 N–H and O–H groups in total. The van der Waals surface area contributed by atoms with Crippen molar-refractivity contribution in [3.8, 4) is 0 Å². The minimum absolute atomic E-state index is 0.263. The standard InChI is InChI=1S/C19H18NO2/c1-11-9-13-5-4-6-14(16(13)10-11)18-12(2)17(22-3)8-7-15(18)19(20)21/h4-8,10,17,20H,2,9H2,1,3H3. The van der Waals surface area contributed by atoms with Crippen LogP contribution in [0.15, 0.2) is 53.6 Å². The molecule has 0 spiro atoms. The zero-order valence-electron chi connectivity index (χ0n) is 12.8. The smallest absolute Gasteiger partial charge is 0.270 e. The van der Waals surface area contributed by atoms with Gasteiger partial charge in [-0.05, 0) is 41.7 Å². The molecule has 22 heavy (non-hydrogen) atoms. The second kappa shape index (κ2) is 5.43. The highest BCUT2D eigenvalue weighted by Gasteiger charge is 2.27. The lowest BCUT2D eigenvalue weighted by molar-refractivity contribution is -0.114. The molecule has 1 aromatic rings. The molecule has 1 unspecified atom stereocenters. The van der Waals surface area contributed by atoms with Crippen LogP contribution in [-0.2, 0) is 16.0 Å². The van der Waals surface area contributed by atoms with Gasteiger partial charge in [-0.3, -0.25) is 10.5 Å². The monoisotopic (exact) mass is 292 g/mol. The quantitative estimate of drug-likeness (QED) is 0.857. The van der Waals surface area contributed by atoms with Crippen LogP contribution < -0.4 is 5.73 Å². The molecule has 3 rings (SSSR count). The lowest BCUT2D eigenvalue weighted by Gasteiger charge is -2.24. The fraction of sp³-hybridized carbons (Fsp3) is 0.211. The van der Waals surface area contributed by atoms with Crippen molar-refractivity contribution in [2.75, 3.05) is 7.11 Å². The van der Waals surface area contributed by atoms with Gasteiger partial charge in [0.1, 0.15) is 6.10 Å². The van der Waals surface area contributed by atoms with Gasteiger partial charge in [0.15, 0.2) is 0 Å². The molecular formula is C19H18NO2. The van der Waals surface area contributed by atoms with E-state index in [2.05, 4.69) is 25.6 Å². The molecule has 1 radical (unpaired) electrons. The van der Waals surface area contributed by atoms with Crippen LogP contribution in [0, 0.1) is 0 Å². The predicted octanol–water partition coefficient (Wildman–Crippen LogP) is 3.35. The SMILES string of the molecule is C=C1C(c2cccc3c2C=C(C)C3)=C(C([NH])=O)C=CC1OC. The topological polar surface area (TPSA) is 50.1 Å². The summed E-state index contributed by atoms with van der Waals surface area (Å²) in [5.74, 6) is -0.696. The van der Waals surface area contributed by atoms with Crippen molar-refractivity contribution in [1.82, 2.24) is 5.73 Å². The molecule has 1 aromatic carbocycles. The van der Waals surface area contributed by atoms with Gasteiger partial charge in [0.25, 0.3) is 5.91 Å². The largest absolute Gasteiger partial charge is 0.373 e. The molecule has 0 bridgehead atoms. The van der Waals surface area contributed by atoms with Gasteiger partial charge in [-0.15, -0.1) is 0 Å². The Bertz CT molecular complexity index is 766. The second-order valence-electron chi connectivity index (χ2n) is 5.70. The van der Waals surface area contributed by atoms with E-state index >= 15 is 0 Å². The van der Waals surface area contributed by atoms with Crippen LogP contribution in [0.5, 0.6) is 0 Å². The minimum atomic E-state index is -0.696. The van der Waals surface area contributed by atoms with Gasteiger partial charge in [-0.25, -0.2) is 0 Å². The van der Waals surface area contributed by atoms with Gasteiger partial charge >= 0.3 is 0 Å². The van der Waals surface area contributed by atoms with Crippen LogP contribution in [0.25, 0.3) is 11.6 Å². The van der Waals surface area contributed by atoms with E-state index in [1.54, 1.807) is 19.3 Å². The number of hydrogen-bond acceptors (Lipinski definition) is 2. The Morgan fingerprint density at radius 2 is 2.18 bits per heavy atom. The summed E-state index contributed by atoms with van der Waals surface area (Å²) in [6, 6.07) is 6.08. The Hall–Kier alpha value is -2.39. The third kappa shape index (κ3) is 2.24. The van der Waals surface area contributed by atoms with Crippen molar-refractivity contribution in [2.45, 2.75) is 19.4 Å². The molecular weight excluding hydrogens is 274 g/mol. The average Bonchev–Trinajstić information content (AvgIpc) is 2.87. The van der Waals surface area contributed by atoms with Crippen molar-refractivity contribution >= 4 is 17.6 Å². The van der Waals surface area contributed by atoms with Gasteiger partial charge in [-0.1, -0.05) is 42.5 Å². The molecule has 1 atom stereocenters. The maximum absolute atomic E-state index is 11.7. The Morgan fingerprint density at radius 1 is 1.41 bits per heavy atom. The van der Waals surface area contributed by atoms with Crippen LogP contribution in [0.1, 0.15) is 23.6 Å². The summed E-state index contributed by atoms with van der Waals surface area (Å²) in [4.78, 5) is 11.7. The van der Waals surface area contributed by atoms with Crippen molar-refractivity contribution in [3.05, 3.63) is 70.3 Å². The van der Waals surface area contributed by atoms with Crippen molar-refractivity contribution in [2.24, 2.45) is 0 Å². The van der Waals surface area contributed by atoms with Gasteiger partial charge in [-0.2, -0.15) is 0 Å². The fourth-order valence-electron chi connectivity index (χ4n) is 3.18. The molecule has 111 valence electrons. The molecule has 0 aromatic heterocycles. The van der Waals surface area contributed by atoms with E-state index in [9.17, 15) is 4.79 Å². The summed E-state index contributed by atoms with van der Waals surface area (Å²) in [6.07, 6.45) is 6.27. The van der Waals surface area contributed by atoms with E-state index in [4.69, 9.17) is 10.5 Å². The number of rotatable bonds is 3. The zero-order valence-corrected chi connectivity index (χ0v) is 12.8. The Kier molecular flexibility index (Phi) is 3.59. The first-order valence-corrected chi connectivity index (χ1v) is 7.22. The van der Waals surface area contributed by atoms with Crippen molar-refractivity contribution in [3.63, 3.8) is 0 Å². The lowest BCUT2D eigenvalue weighted by Crippen LogP contribution is -2.19. The highest BCUT2D eigenvalue weighted by molar-refractivity contribution is 6.08. The number of hydrogen-bond donors (Lipinski definition) is 0. The Morgan fingerprint density at radius 3 is 2.86 bits per heavy atom. The van der Waals surface area contributed by atoms with E-state index < -0.39 is 5.91 Å². The van der Waals surface area contributed by atoms with E-state index in [1.165, 1.54) is 11.1 Å². The van der Waals surface area contributed by atoms with Crippen molar-refractivity contribution in [1.29, 1.82) is 0 Å². The minimum Gasteiger partial charge on any atom is -0.373 e. The summed E-state index contributed by atoms with van der Waals surface area (Å²) < 4.78 is 5.42. The average molecular weight is 292 g/mol. The van der Waals surface area contributed by atoms with Gasteiger partial charge in [0, 0.05) is 18.3 Å². The third-order valence-electron chi connectivity index (χ3n) is 4.20. The number of amides is 1. The van der Waals surface area contributed by atoms with Crippen LogP contribution in [0.3, 0.4) is 0 Å². The first kappa shape index (κ1) is 14.5. The normalized spacial score (nSPS) is 20.2. The lowest BCUT2D eigenvalue weighted by atomic mass is 9.83. The summed E-state index contributed by atoms with van der Waals surface area (Å²) in [7, 11) is 1.62. The number of nitrogens with one attached hydrogen (secondary N) is 1. The van der Waals surface area contributed by atoms with Crippen LogP contribution in [0.2, 0.25) is 0 Å². The second-order valence-corrected chi connectivity index (χ2v) is 5.70. The zero-order chi connectivity index (χ0) is 15.9. The highest BCUT2D eigenvalue weighted by atomic mass is 16.5. The molecule has 0 aliphatic heterocycles. The molecule has 1 amide bonds. The number of methoxy groups -OCH3 is 1. The first-order valence-electron chi connectivity index (χ1n) is 7.22. The van der Waals surface area contributed by atoms with E-state index in [-0.39, 0.29) is 6.10 Å². The molecule has 2 aliphatic carbocycles. The maximum atomic E-state index is 11.7. The number of carbonyl (C=O) groups is 1. The van der Waals surface area contributed by atoms with Crippen LogP contribution in [0.4, 0.5) is 0 Å². The molecule has 3 heteroatoms. The number of allylic oxidation sites excluding steroid dienone is 1. The number of fused-ring (bicyclic) bond motifs is 1. The summed E-state index contributed by atoms with van der Waals surface area (Å²) in [6.45, 7) is 6.21. The number of ether oxygens (including phenoxy) is 1. The number of carbonyl (C=O) groups excluding carboxylic acids is 1. The molecule has 3 nitrogen and oxygen atoms in total. The number of benzene rings is 1. The maximum Gasteiger partial charge on any atom is 0.270 e. The first-order chi connectivity index (χ1) is 10.5. The summed E-state index contributed by atoms with van der Waals surface area (Å²) in [5, 5.41) is 0. The highest BCUT2D eigenvalue weighted by Crippen LogP contribution is 2.39. The summed E-state index contributed by atoms with van der Waals surface area (Å²) in [5.41, 5.74) is 14.0. The van der Waals surface area contributed by atoms with E-state index in [0.29, 0.717) is 5.57 Å². The van der Waals surface area contributed by atoms with E-state index in [1.807, 2.05) is 12.1 Å². The van der Waals surface area contributed by atoms with E-state index in [0.717, 1.165) is 28.7 Å². The predicted molar refractivity (Wildman–Crippen MR) is 87.9 cm³/mol. The van der Waals surface area contributed by atoms with Crippen LogP contribution in [-0.4, -0.2) is 19.1 Å². The van der Waals surface area contributed by atoms with Crippen LogP contribution >= 0.6 is 0 Å². The molecule has 0 saturated carbocycles. The summed E-state index contributed by atoms with van der Waals surface area (Å²) >= 11 is 0. The Balaban J connectivity index is 2.24. The fourth-order valence-corrected chi connectivity index (χ4v) is 3.18. The van der Waals surface area contributed by atoms with Gasteiger partial charge in [0.05, 0.1) is 0 Å². The molecule has 0 saturated heterocycles. The van der Waals surface area contributed by atoms with Gasteiger partial charge in [0.2, 0.25) is 0 Å². The Labute approximate surface area is 130 Å². The third-order valence-corrected chi connectivity index (χ3v) is 4.20.